The van der Waals surface area contributed by atoms with Crippen molar-refractivity contribution in [1.29, 1.82) is 0 Å². The first-order chi connectivity index (χ1) is 8.87. The van der Waals surface area contributed by atoms with Crippen molar-refractivity contribution in [2.75, 3.05) is 13.2 Å². The van der Waals surface area contributed by atoms with Crippen LogP contribution in [-0.2, 0) is 23.7 Å². The Balaban J connectivity index is 1.92. The van der Waals surface area contributed by atoms with Gasteiger partial charge in [0.15, 0.2) is 5.79 Å². The van der Waals surface area contributed by atoms with Crippen LogP contribution in [0, 0.1) is 0 Å². The van der Waals surface area contributed by atoms with Gasteiger partial charge in [0.1, 0.15) is 24.9 Å². The summed E-state index contributed by atoms with van der Waals surface area (Å²) in [6, 6.07) is -0.341. The Morgan fingerprint density at radius 2 is 2.11 bits per heavy atom. The average molecular weight is 273 g/mol. The van der Waals surface area contributed by atoms with Crippen LogP contribution < -0.4 is 5.32 Å². The zero-order chi connectivity index (χ0) is 13.8. The van der Waals surface area contributed by atoms with Gasteiger partial charge >= 0.3 is 0 Å². The van der Waals surface area contributed by atoms with E-state index in [2.05, 4.69) is 5.32 Å². The molecule has 7 heteroatoms. The fourth-order valence-electron chi connectivity index (χ4n) is 3.06. The molecule has 0 aromatic rings. The molecule has 2 N–H and O–H groups in total. The summed E-state index contributed by atoms with van der Waals surface area (Å²) in [5.41, 5.74) is 0. The number of rotatable bonds is 2. The molecular formula is C12H19NO6. The Bertz CT molecular complexity index is 400. The summed E-state index contributed by atoms with van der Waals surface area (Å²) in [5, 5.41) is 12.4. The van der Waals surface area contributed by atoms with Crippen LogP contribution in [0.25, 0.3) is 0 Å². The summed E-state index contributed by atoms with van der Waals surface area (Å²) in [5.74, 6) is -2.15. The van der Waals surface area contributed by atoms with Crippen LogP contribution in [0.4, 0.5) is 0 Å². The fraction of sp³-hybridized carbons (Fsp3) is 0.917. The highest BCUT2D eigenvalue weighted by atomic mass is 16.8. The molecule has 2 bridgehead atoms. The number of hydrogen-bond acceptors (Lipinski definition) is 6. The molecule has 108 valence electrons. The maximum atomic E-state index is 11.3. The van der Waals surface area contributed by atoms with Gasteiger partial charge in [0.05, 0.1) is 12.6 Å². The van der Waals surface area contributed by atoms with Gasteiger partial charge in [-0.15, -0.1) is 0 Å². The van der Waals surface area contributed by atoms with Crippen LogP contribution >= 0.6 is 0 Å². The highest BCUT2D eigenvalue weighted by molar-refractivity contribution is 5.73. The van der Waals surface area contributed by atoms with Crippen molar-refractivity contribution < 1.29 is 28.8 Å². The lowest BCUT2D eigenvalue weighted by Gasteiger charge is -2.41. The molecule has 3 aliphatic rings. The summed E-state index contributed by atoms with van der Waals surface area (Å²) in [7, 11) is 0. The van der Waals surface area contributed by atoms with Crippen LogP contribution in [-0.4, -0.2) is 60.2 Å². The molecule has 19 heavy (non-hydrogen) atoms. The molecule has 3 fully saturated rings. The molecule has 5 atom stereocenters. The third-order valence-corrected chi connectivity index (χ3v) is 3.75. The topological polar surface area (TPSA) is 86.3 Å². The second-order valence-corrected chi connectivity index (χ2v) is 5.68. The number of aliphatic hydroxyl groups excluding tert-OH is 1. The Kier molecular flexibility index (Phi) is 2.88. The largest absolute Gasteiger partial charge is 0.391 e. The van der Waals surface area contributed by atoms with Gasteiger partial charge in [-0.25, -0.2) is 0 Å². The van der Waals surface area contributed by atoms with Gasteiger partial charge in [-0.05, 0) is 13.8 Å². The van der Waals surface area contributed by atoms with Gasteiger partial charge < -0.3 is 29.4 Å². The van der Waals surface area contributed by atoms with E-state index in [-0.39, 0.29) is 24.7 Å². The first kappa shape index (κ1) is 13.3. The fourth-order valence-corrected chi connectivity index (χ4v) is 3.06. The van der Waals surface area contributed by atoms with Gasteiger partial charge in [-0.3, -0.25) is 4.79 Å². The van der Waals surface area contributed by atoms with Crippen LogP contribution in [0.2, 0.25) is 0 Å². The van der Waals surface area contributed by atoms with E-state index in [0.717, 1.165) is 0 Å². The maximum absolute atomic E-state index is 11.3. The monoisotopic (exact) mass is 273 g/mol. The van der Waals surface area contributed by atoms with Crippen LogP contribution in [0.15, 0.2) is 0 Å². The van der Waals surface area contributed by atoms with Crippen molar-refractivity contribution in [3.8, 4) is 0 Å². The molecule has 0 aromatic heterocycles. The number of fused-ring (bicyclic) bond motifs is 4. The van der Waals surface area contributed by atoms with Gasteiger partial charge in [0.25, 0.3) is 0 Å². The molecule has 0 saturated carbocycles. The Morgan fingerprint density at radius 3 is 2.74 bits per heavy atom. The van der Waals surface area contributed by atoms with E-state index >= 15 is 0 Å². The average Bonchev–Trinajstić information content (AvgIpc) is 2.85. The van der Waals surface area contributed by atoms with Crippen LogP contribution in [0.1, 0.15) is 20.8 Å². The van der Waals surface area contributed by atoms with E-state index in [1.54, 1.807) is 13.8 Å². The third kappa shape index (κ3) is 1.96. The quantitative estimate of drug-likeness (QED) is 0.680. The summed E-state index contributed by atoms with van der Waals surface area (Å²) in [6.45, 7) is 5.01. The van der Waals surface area contributed by atoms with Gasteiger partial charge in [0.2, 0.25) is 11.7 Å². The van der Waals surface area contributed by atoms with E-state index in [1.165, 1.54) is 6.92 Å². The van der Waals surface area contributed by atoms with Crippen molar-refractivity contribution in [2.45, 2.75) is 56.7 Å². The van der Waals surface area contributed by atoms with Crippen molar-refractivity contribution in [1.82, 2.24) is 5.32 Å². The first-order valence-electron chi connectivity index (χ1n) is 6.42. The molecule has 1 unspecified atom stereocenters. The minimum absolute atomic E-state index is 0.163. The second kappa shape index (κ2) is 4.13. The minimum atomic E-state index is -1.18. The predicted octanol–water partition coefficient (Wildman–Crippen LogP) is -0.871. The number of amides is 1. The summed E-state index contributed by atoms with van der Waals surface area (Å²) in [6.07, 6.45) is -1.30. The number of ether oxygens (including phenoxy) is 4. The van der Waals surface area contributed by atoms with Crippen molar-refractivity contribution >= 4 is 5.91 Å². The van der Waals surface area contributed by atoms with E-state index < -0.39 is 23.8 Å². The normalized spacial score (nSPS) is 46.9. The molecule has 3 rings (SSSR count). The number of hydrogen-bond donors (Lipinski definition) is 2. The van der Waals surface area contributed by atoms with E-state index in [4.69, 9.17) is 18.9 Å². The Labute approximate surface area is 111 Å². The zero-order valence-corrected chi connectivity index (χ0v) is 11.2. The lowest BCUT2D eigenvalue weighted by molar-refractivity contribution is -0.277. The Hall–Kier alpha value is -0.730. The van der Waals surface area contributed by atoms with Crippen molar-refractivity contribution in [2.24, 2.45) is 0 Å². The van der Waals surface area contributed by atoms with Crippen LogP contribution in [0.3, 0.4) is 0 Å². The minimum Gasteiger partial charge on any atom is -0.391 e. The van der Waals surface area contributed by atoms with E-state index in [9.17, 15) is 9.90 Å². The number of nitrogens with one attached hydrogen (secondary N) is 1. The molecule has 0 spiro atoms. The molecule has 3 aliphatic heterocycles. The molecule has 3 saturated heterocycles. The summed E-state index contributed by atoms with van der Waals surface area (Å²) < 4.78 is 23.0. The standard InChI is InChI=1S/C12H19NO6/c1-6(15)13-8-7-4-16-12(5-14,17-7)10-9(8)18-11(2,3)19-10/h7-10,14H,4-5H2,1-3H3,(H,13,15)/t7?,8-,9+,10+,12+/m0/s1. The number of carbonyl (C=O) groups is 1. The summed E-state index contributed by atoms with van der Waals surface area (Å²) in [4.78, 5) is 11.3. The van der Waals surface area contributed by atoms with E-state index in [1.807, 2.05) is 0 Å². The number of aliphatic hydroxyl groups is 1. The zero-order valence-electron chi connectivity index (χ0n) is 11.2. The molecular weight excluding hydrogens is 254 g/mol. The SMILES string of the molecule is CC(=O)N[C@H]1C2CO[C@](CO)(O2)[C@@H]2OC(C)(C)O[C@@H]21. The molecule has 0 aliphatic carbocycles. The lowest BCUT2D eigenvalue weighted by Crippen LogP contribution is -2.65. The van der Waals surface area contributed by atoms with E-state index in [0.29, 0.717) is 6.61 Å². The number of carbonyl (C=O) groups excluding carboxylic acids is 1. The first-order valence-corrected chi connectivity index (χ1v) is 6.42. The van der Waals surface area contributed by atoms with Gasteiger partial charge in [-0.2, -0.15) is 0 Å². The third-order valence-electron chi connectivity index (χ3n) is 3.75. The summed E-state index contributed by atoms with van der Waals surface area (Å²) >= 11 is 0. The lowest BCUT2D eigenvalue weighted by atomic mass is 9.93. The smallest absolute Gasteiger partial charge is 0.222 e. The van der Waals surface area contributed by atoms with Crippen LogP contribution in [0.5, 0.6) is 0 Å². The molecule has 1 amide bonds. The van der Waals surface area contributed by atoms with Gasteiger partial charge in [-0.1, -0.05) is 0 Å². The maximum Gasteiger partial charge on any atom is 0.222 e. The van der Waals surface area contributed by atoms with Crippen molar-refractivity contribution in [3.05, 3.63) is 0 Å². The highest BCUT2D eigenvalue weighted by Gasteiger charge is 2.66. The highest BCUT2D eigenvalue weighted by Crippen LogP contribution is 2.46. The van der Waals surface area contributed by atoms with Gasteiger partial charge in [0, 0.05) is 6.92 Å². The molecule has 0 radical (unpaired) electrons. The molecule has 7 nitrogen and oxygen atoms in total. The Morgan fingerprint density at radius 1 is 1.37 bits per heavy atom. The second-order valence-electron chi connectivity index (χ2n) is 5.68. The molecule has 3 heterocycles. The van der Waals surface area contributed by atoms with Crippen molar-refractivity contribution in [3.63, 3.8) is 0 Å². The predicted molar refractivity (Wildman–Crippen MR) is 62.1 cm³/mol. The molecule has 0 aromatic carbocycles.